The average Bonchev–Trinajstić information content (AvgIpc) is 3.35. The second-order valence-corrected chi connectivity index (χ2v) is 11.2. The van der Waals surface area contributed by atoms with Crippen molar-refractivity contribution in [3.05, 3.63) is 103 Å². The molecule has 3 aromatic carbocycles. The maximum Gasteiger partial charge on any atom is 0.293 e. The van der Waals surface area contributed by atoms with Crippen molar-refractivity contribution in [1.29, 1.82) is 0 Å². The van der Waals surface area contributed by atoms with Gasteiger partial charge in [-0.1, -0.05) is 69.5 Å². The number of aryl methyl sites for hydroxylation is 1. The Bertz CT molecular complexity index is 1540. The van der Waals surface area contributed by atoms with E-state index in [0.717, 1.165) is 44.7 Å². The second kappa shape index (κ2) is 11.4. The van der Waals surface area contributed by atoms with Crippen LogP contribution in [0.15, 0.2) is 82.3 Å². The van der Waals surface area contributed by atoms with Crippen molar-refractivity contribution in [1.82, 2.24) is 9.47 Å². The normalized spacial score (nSPS) is 14.8. The molecule has 0 atom stereocenters. The first kappa shape index (κ1) is 25.9. The van der Waals surface area contributed by atoms with Gasteiger partial charge in [0.15, 0.2) is 0 Å². The molecule has 0 bridgehead atoms. The van der Waals surface area contributed by atoms with Crippen LogP contribution < -0.4 is 4.74 Å². The van der Waals surface area contributed by atoms with E-state index in [1.54, 1.807) is 18.2 Å². The Hall–Kier alpha value is -2.71. The van der Waals surface area contributed by atoms with Gasteiger partial charge in [0.2, 0.25) is 0 Å². The number of carbonyl (C=O) groups excluding carboxylic acids is 2. The summed E-state index contributed by atoms with van der Waals surface area (Å²) >= 11 is 16.9. The van der Waals surface area contributed by atoms with Crippen molar-refractivity contribution in [3.8, 4) is 5.75 Å². The van der Waals surface area contributed by atoms with Crippen LogP contribution >= 0.6 is 50.9 Å². The number of para-hydroxylation sites is 1. The molecule has 1 aliphatic rings. The molecule has 0 N–H and O–H groups in total. The zero-order chi connectivity index (χ0) is 25.9. The number of rotatable bonds is 8. The molecular formula is C28H21BrCl2N2O3S. The van der Waals surface area contributed by atoms with Crippen LogP contribution in [-0.4, -0.2) is 27.2 Å². The number of amides is 2. The summed E-state index contributed by atoms with van der Waals surface area (Å²) in [6, 6.07) is 20.7. The minimum absolute atomic E-state index is 0.139. The summed E-state index contributed by atoms with van der Waals surface area (Å²) in [5, 5.41) is 1.79. The van der Waals surface area contributed by atoms with Crippen LogP contribution in [0.1, 0.15) is 17.5 Å². The first-order valence-corrected chi connectivity index (χ1v) is 13.9. The number of aromatic nitrogens is 1. The Balaban J connectivity index is 1.35. The summed E-state index contributed by atoms with van der Waals surface area (Å²) in [6.45, 7) is 1.36. The number of hydrogen-bond acceptors (Lipinski definition) is 4. The number of ether oxygens (including phenoxy) is 1. The highest BCUT2D eigenvalue weighted by molar-refractivity contribution is 9.10. The van der Waals surface area contributed by atoms with E-state index in [1.807, 2.05) is 60.8 Å². The number of hydrogen-bond donors (Lipinski definition) is 0. The van der Waals surface area contributed by atoms with Crippen LogP contribution in [0.25, 0.3) is 17.0 Å². The molecule has 2 heterocycles. The molecule has 5 nitrogen and oxygen atoms in total. The fourth-order valence-corrected chi connectivity index (χ4v) is 5.73. The first-order valence-electron chi connectivity index (χ1n) is 11.6. The van der Waals surface area contributed by atoms with E-state index >= 15 is 0 Å². The van der Waals surface area contributed by atoms with E-state index in [-0.39, 0.29) is 17.7 Å². The lowest BCUT2D eigenvalue weighted by Crippen LogP contribution is -2.27. The third kappa shape index (κ3) is 5.75. The predicted molar refractivity (Wildman–Crippen MR) is 154 cm³/mol. The molecule has 188 valence electrons. The molecule has 1 saturated heterocycles. The molecule has 9 heteroatoms. The highest BCUT2D eigenvalue weighted by Gasteiger charge is 2.35. The third-order valence-corrected chi connectivity index (χ3v) is 8.04. The van der Waals surface area contributed by atoms with Crippen molar-refractivity contribution in [2.24, 2.45) is 0 Å². The zero-order valence-electron chi connectivity index (χ0n) is 19.5. The van der Waals surface area contributed by atoms with Gasteiger partial charge in [-0.05, 0) is 66.2 Å². The third-order valence-electron chi connectivity index (χ3n) is 5.96. The van der Waals surface area contributed by atoms with Gasteiger partial charge in [0.05, 0.1) is 23.1 Å². The summed E-state index contributed by atoms with van der Waals surface area (Å²) in [7, 11) is 0. The van der Waals surface area contributed by atoms with Gasteiger partial charge in [0.25, 0.3) is 11.1 Å². The molecule has 0 spiro atoms. The van der Waals surface area contributed by atoms with Crippen molar-refractivity contribution < 1.29 is 14.3 Å². The van der Waals surface area contributed by atoms with E-state index in [4.69, 9.17) is 27.9 Å². The number of thioether (sulfide) groups is 1. The lowest BCUT2D eigenvalue weighted by Gasteiger charge is -2.13. The number of imide groups is 1. The highest BCUT2D eigenvalue weighted by atomic mass is 79.9. The van der Waals surface area contributed by atoms with Crippen LogP contribution in [0.2, 0.25) is 10.0 Å². The number of nitrogens with zero attached hydrogens (tertiary/aromatic N) is 2. The molecule has 0 aliphatic carbocycles. The molecule has 0 radical (unpaired) electrons. The Kier molecular flexibility index (Phi) is 7.95. The van der Waals surface area contributed by atoms with Gasteiger partial charge in [-0.3, -0.25) is 14.5 Å². The van der Waals surface area contributed by atoms with Crippen LogP contribution in [0.4, 0.5) is 4.79 Å². The molecule has 37 heavy (non-hydrogen) atoms. The minimum atomic E-state index is -0.320. The lowest BCUT2D eigenvalue weighted by atomic mass is 10.1. The maximum atomic E-state index is 13.1. The Morgan fingerprint density at radius 2 is 1.73 bits per heavy atom. The molecule has 5 rings (SSSR count). The van der Waals surface area contributed by atoms with Crippen molar-refractivity contribution in [2.75, 3.05) is 6.61 Å². The van der Waals surface area contributed by atoms with Crippen LogP contribution in [0.3, 0.4) is 0 Å². The summed E-state index contributed by atoms with van der Waals surface area (Å²) in [5.74, 6) is 0.345. The molecule has 1 aromatic heterocycles. The Labute approximate surface area is 237 Å². The predicted octanol–water partition coefficient (Wildman–Crippen LogP) is 8.42. The van der Waals surface area contributed by atoms with Gasteiger partial charge in [0, 0.05) is 38.7 Å². The Morgan fingerprint density at radius 1 is 0.973 bits per heavy atom. The van der Waals surface area contributed by atoms with Crippen molar-refractivity contribution in [2.45, 2.75) is 19.5 Å². The van der Waals surface area contributed by atoms with Crippen molar-refractivity contribution in [3.63, 3.8) is 0 Å². The number of halogens is 3. The minimum Gasteiger partial charge on any atom is -0.492 e. The number of benzene rings is 3. The molecule has 1 aliphatic heterocycles. The molecular weight excluding hydrogens is 595 g/mol. The van der Waals surface area contributed by atoms with Gasteiger partial charge < -0.3 is 9.30 Å². The monoisotopic (exact) mass is 614 g/mol. The van der Waals surface area contributed by atoms with E-state index < -0.39 is 0 Å². The fourth-order valence-electron chi connectivity index (χ4n) is 4.15. The van der Waals surface area contributed by atoms with Crippen LogP contribution in [0.5, 0.6) is 5.75 Å². The average molecular weight is 616 g/mol. The van der Waals surface area contributed by atoms with Gasteiger partial charge in [-0.25, -0.2) is 0 Å². The van der Waals surface area contributed by atoms with E-state index in [0.29, 0.717) is 33.9 Å². The quantitative estimate of drug-likeness (QED) is 0.147. The number of fused-ring (bicyclic) bond motifs is 1. The highest BCUT2D eigenvalue weighted by Crippen LogP contribution is 2.36. The standard InChI is InChI=1S/C28H21BrCl2N2O3S/c29-20-10-11-24-21(15-20)19(16-32(24)12-5-13-36-25-9-4-3-8-23(25)31)14-26-27(34)33(28(35)37-26)17-18-6-1-2-7-22(18)30/h1-4,6-11,14-16H,5,12-13,17H2/b26-14-. The second-order valence-electron chi connectivity index (χ2n) is 8.43. The smallest absolute Gasteiger partial charge is 0.293 e. The number of carbonyl (C=O) groups is 2. The maximum absolute atomic E-state index is 13.1. The summed E-state index contributed by atoms with van der Waals surface area (Å²) in [5.41, 5.74) is 2.63. The topological polar surface area (TPSA) is 51.5 Å². The summed E-state index contributed by atoms with van der Waals surface area (Å²) in [6.07, 6.45) is 4.57. The van der Waals surface area contributed by atoms with Crippen LogP contribution in [-0.2, 0) is 17.9 Å². The molecule has 4 aromatic rings. The van der Waals surface area contributed by atoms with Crippen LogP contribution in [0, 0.1) is 0 Å². The Morgan fingerprint density at radius 3 is 2.51 bits per heavy atom. The summed E-state index contributed by atoms with van der Waals surface area (Å²) < 4.78 is 8.90. The molecule has 0 unspecified atom stereocenters. The van der Waals surface area contributed by atoms with Gasteiger partial charge in [-0.2, -0.15) is 0 Å². The van der Waals surface area contributed by atoms with E-state index in [1.165, 1.54) is 4.90 Å². The SMILES string of the molecule is O=C1S/C(=C\c2cn(CCCOc3ccccc3Cl)c3ccc(Br)cc23)C(=O)N1Cc1ccccc1Cl. The van der Waals surface area contributed by atoms with E-state index in [9.17, 15) is 9.59 Å². The molecule has 0 saturated carbocycles. The fraction of sp³-hybridized carbons (Fsp3) is 0.143. The van der Waals surface area contributed by atoms with Gasteiger partial charge >= 0.3 is 0 Å². The largest absolute Gasteiger partial charge is 0.492 e. The molecule has 1 fully saturated rings. The van der Waals surface area contributed by atoms with Gasteiger partial charge in [-0.15, -0.1) is 0 Å². The zero-order valence-corrected chi connectivity index (χ0v) is 23.4. The van der Waals surface area contributed by atoms with E-state index in [2.05, 4.69) is 20.5 Å². The summed E-state index contributed by atoms with van der Waals surface area (Å²) in [4.78, 5) is 27.5. The van der Waals surface area contributed by atoms with Gasteiger partial charge in [0.1, 0.15) is 5.75 Å². The van der Waals surface area contributed by atoms with Crippen molar-refractivity contribution >= 4 is 79.0 Å². The molecule has 2 amide bonds. The lowest BCUT2D eigenvalue weighted by molar-refractivity contribution is -0.123. The first-order chi connectivity index (χ1) is 17.9.